The third-order valence-corrected chi connectivity index (χ3v) is 3.68. The molecule has 0 unspecified atom stereocenters. The number of esters is 1. The summed E-state index contributed by atoms with van der Waals surface area (Å²) in [5.74, 6) is 1.55. The molecule has 4 atom stereocenters. The maximum absolute atomic E-state index is 11.1. The minimum Gasteiger partial charge on any atom is -0.566 e. The summed E-state index contributed by atoms with van der Waals surface area (Å²) >= 11 is 0. The van der Waals surface area contributed by atoms with Gasteiger partial charge < -0.3 is 9.84 Å². The molecule has 4 heteroatoms. The Kier molecular flexibility index (Phi) is 4.79. The van der Waals surface area contributed by atoms with Gasteiger partial charge in [0.25, 0.3) is 0 Å². The molecule has 1 aliphatic carbocycles. The van der Waals surface area contributed by atoms with Gasteiger partial charge in [0, 0.05) is 27.0 Å². The number of aliphatic hydroxyl groups is 1. The molecule has 2 fully saturated rings. The van der Waals surface area contributed by atoms with Crippen LogP contribution in [0, 0.1) is 24.4 Å². The van der Waals surface area contributed by atoms with Gasteiger partial charge in [0.2, 0.25) is 0 Å². The second-order valence-electron chi connectivity index (χ2n) is 4.53. The second kappa shape index (κ2) is 5.45. The zero-order valence-electron chi connectivity index (χ0n) is 8.89. The predicted molar refractivity (Wildman–Crippen MR) is 50.7 cm³/mol. The van der Waals surface area contributed by atoms with Crippen molar-refractivity contribution in [3.05, 3.63) is 6.61 Å². The molecule has 15 heavy (non-hydrogen) atoms. The molecule has 0 aromatic carbocycles. The molecule has 0 aromatic rings. The minimum atomic E-state index is -0.0371. The molecule has 2 rings (SSSR count). The van der Waals surface area contributed by atoms with Crippen molar-refractivity contribution in [1.82, 2.24) is 0 Å². The molecule has 0 radical (unpaired) electrons. The zero-order valence-corrected chi connectivity index (χ0v) is 11.8. The van der Waals surface area contributed by atoms with Crippen LogP contribution in [0.3, 0.4) is 0 Å². The van der Waals surface area contributed by atoms with Crippen LogP contribution < -0.4 is 0 Å². The van der Waals surface area contributed by atoms with E-state index in [1.807, 2.05) is 0 Å². The Morgan fingerprint density at radius 1 is 1.60 bits per heavy atom. The Balaban J connectivity index is 0.00000112. The van der Waals surface area contributed by atoms with Gasteiger partial charge >= 0.3 is 5.97 Å². The SMILES string of the molecule is C[C@@H]1C[C@@H]2OC(=O)C[C@@H]2[C@H]1CC[CH-]O.[W]. The standard InChI is InChI=1S/C11H17O3.W/c1-7-5-10-9(6-11(13)14-10)8(7)3-2-4-12;/h4,7-10,12H,2-3,5-6H2,1H3;/q-1;/t7-,8+,9-,10+;/m1./s1. The Bertz CT molecular complexity index is 232. The summed E-state index contributed by atoms with van der Waals surface area (Å²) in [5, 5.41) is 8.68. The Hall–Kier alpha value is 0.118. The van der Waals surface area contributed by atoms with Crippen molar-refractivity contribution >= 4 is 5.97 Å². The molecule has 1 N–H and O–H groups in total. The summed E-state index contributed by atoms with van der Waals surface area (Å²) in [6.07, 6.45) is 3.47. The molecule has 0 spiro atoms. The Labute approximate surface area is 105 Å². The van der Waals surface area contributed by atoms with Crippen LogP contribution in [0.5, 0.6) is 0 Å². The second-order valence-corrected chi connectivity index (χ2v) is 4.53. The molecule has 86 valence electrons. The number of hydrogen-bond donors (Lipinski definition) is 1. The van der Waals surface area contributed by atoms with E-state index in [-0.39, 0.29) is 33.1 Å². The van der Waals surface area contributed by atoms with Gasteiger partial charge in [0.1, 0.15) is 6.10 Å². The first kappa shape index (κ1) is 13.2. The van der Waals surface area contributed by atoms with Crippen molar-refractivity contribution in [2.24, 2.45) is 17.8 Å². The van der Waals surface area contributed by atoms with Crippen molar-refractivity contribution < 1.29 is 35.7 Å². The van der Waals surface area contributed by atoms with Crippen molar-refractivity contribution in [2.45, 2.75) is 38.7 Å². The third-order valence-electron chi connectivity index (χ3n) is 3.68. The van der Waals surface area contributed by atoms with E-state index in [4.69, 9.17) is 9.84 Å². The van der Waals surface area contributed by atoms with Crippen LogP contribution in [0.15, 0.2) is 0 Å². The van der Waals surface area contributed by atoms with Gasteiger partial charge in [-0.05, 0) is 18.3 Å². The van der Waals surface area contributed by atoms with Gasteiger partial charge in [-0.2, -0.15) is 6.42 Å². The monoisotopic (exact) mass is 381 g/mol. The molecule has 1 heterocycles. The van der Waals surface area contributed by atoms with Gasteiger partial charge in [0.05, 0.1) is 6.42 Å². The molecule has 1 saturated heterocycles. The van der Waals surface area contributed by atoms with Crippen LogP contribution in [0.1, 0.15) is 32.6 Å². The molecular weight excluding hydrogens is 364 g/mol. The van der Waals surface area contributed by atoms with Crippen LogP contribution in [0.2, 0.25) is 0 Å². The van der Waals surface area contributed by atoms with Gasteiger partial charge in [-0.25, -0.2) is 6.61 Å². The fourth-order valence-corrected chi connectivity index (χ4v) is 3.01. The molecule has 1 saturated carbocycles. The van der Waals surface area contributed by atoms with Crippen molar-refractivity contribution in [3.63, 3.8) is 0 Å². The van der Waals surface area contributed by atoms with E-state index in [1.165, 1.54) is 6.61 Å². The third kappa shape index (κ3) is 2.62. The Morgan fingerprint density at radius 2 is 2.33 bits per heavy atom. The predicted octanol–water partition coefficient (Wildman–Crippen LogP) is 1.89. The first-order chi connectivity index (χ1) is 6.72. The quantitative estimate of drug-likeness (QED) is 0.600. The van der Waals surface area contributed by atoms with E-state index < -0.39 is 0 Å². The van der Waals surface area contributed by atoms with E-state index in [0.717, 1.165) is 19.3 Å². The summed E-state index contributed by atoms with van der Waals surface area (Å²) in [6, 6.07) is 0. The maximum Gasteiger partial charge on any atom is 0.306 e. The topological polar surface area (TPSA) is 46.5 Å². The fourth-order valence-electron chi connectivity index (χ4n) is 3.01. The van der Waals surface area contributed by atoms with Gasteiger partial charge in [-0.15, -0.1) is 0 Å². The van der Waals surface area contributed by atoms with E-state index in [0.29, 0.717) is 24.2 Å². The molecule has 0 aromatic heterocycles. The number of hydrogen-bond acceptors (Lipinski definition) is 3. The van der Waals surface area contributed by atoms with Gasteiger partial charge in [-0.3, -0.25) is 4.79 Å². The summed E-state index contributed by atoms with van der Waals surface area (Å²) in [6.45, 7) is 3.44. The number of carbonyl (C=O) groups excluding carboxylic acids is 1. The smallest absolute Gasteiger partial charge is 0.306 e. The van der Waals surface area contributed by atoms with E-state index in [1.54, 1.807) is 0 Å². The Morgan fingerprint density at radius 3 is 3.00 bits per heavy atom. The van der Waals surface area contributed by atoms with Crippen molar-refractivity contribution in [2.75, 3.05) is 0 Å². The summed E-state index contributed by atoms with van der Waals surface area (Å²) in [7, 11) is 0. The number of carbonyl (C=O) groups is 1. The molecule has 0 bridgehead atoms. The average Bonchev–Trinajstić information content (AvgIpc) is 2.58. The number of ether oxygens (including phenoxy) is 1. The van der Waals surface area contributed by atoms with Crippen molar-refractivity contribution in [1.29, 1.82) is 0 Å². The van der Waals surface area contributed by atoms with E-state index in [9.17, 15) is 4.79 Å². The molecular formula is C11H17O3W-. The van der Waals surface area contributed by atoms with Crippen LogP contribution in [-0.2, 0) is 30.6 Å². The van der Waals surface area contributed by atoms with Crippen molar-refractivity contribution in [3.8, 4) is 0 Å². The van der Waals surface area contributed by atoms with Crippen LogP contribution in [0.4, 0.5) is 0 Å². The van der Waals surface area contributed by atoms with Gasteiger partial charge in [-0.1, -0.05) is 13.3 Å². The average molecular weight is 381 g/mol. The molecule has 3 nitrogen and oxygen atoms in total. The van der Waals surface area contributed by atoms with E-state index >= 15 is 0 Å². The number of rotatable bonds is 3. The summed E-state index contributed by atoms with van der Waals surface area (Å²) in [4.78, 5) is 11.1. The first-order valence-corrected chi connectivity index (χ1v) is 5.37. The van der Waals surface area contributed by atoms with Crippen LogP contribution >= 0.6 is 0 Å². The molecule has 1 aliphatic heterocycles. The zero-order chi connectivity index (χ0) is 10.1. The van der Waals surface area contributed by atoms with Crippen LogP contribution in [0.25, 0.3) is 0 Å². The summed E-state index contributed by atoms with van der Waals surface area (Å²) in [5.41, 5.74) is 0. The summed E-state index contributed by atoms with van der Waals surface area (Å²) < 4.78 is 5.25. The molecule has 0 amide bonds. The largest absolute Gasteiger partial charge is 0.566 e. The maximum atomic E-state index is 11.1. The normalized spacial score (nSPS) is 38.4. The first-order valence-electron chi connectivity index (χ1n) is 5.37. The number of aliphatic hydroxyl groups excluding tert-OH is 1. The van der Waals surface area contributed by atoms with E-state index in [2.05, 4.69) is 6.92 Å². The minimum absolute atomic E-state index is 0. The van der Waals surface area contributed by atoms with Crippen LogP contribution in [-0.4, -0.2) is 17.2 Å². The number of fused-ring (bicyclic) bond motifs is 1. The van der Waals surface area contributed by atoms with Gasteiger partial charge in [0.15, 0.2) is 0 Å². The fraction of sp³-hybridized carbons (Fsp3) is 0.818. The molecule has 2 aliphatic rings.